The van der Waals surface area contributed by atoms with Gasteiger partial charge in [0.1, 0.15) is 11.9 Å². The smallest absolute Gasteiger partial charge is 0.144 e. The van der Waals surface area contributed by atoms with Gasteiger partial charge in [-0.05, 0) is 37.3 Å². The van der Waals surface area contributed by atoms with E-state index in [0.717, 1.165) is 38.0 Å². The van der Waals surface area contributed by atoms with Gasteiger partial charge in [-0.1, -0.05) is 13.3 Å². The second kappa shape index (κ2) is 4.98. The fourth-order valence-corrected chi connectivity index (χ4v) is 2.08. The minimum Gasteiger partial charge on any atom is -0.369 e. The summed E-state index contributed by atoms with van der Waals surface area (Å²) in [4.78, 5) is 4.56. The Balaban J connectivity index is 2.20. The number of unbranched alkanes of at least 4 members (excludes halogenated alkanes) is 1. The molecule has 1 aromatic heterocycles. The lowest BCUT2D eigenvalue weighted by Gasteiger charge is -2.08. The number of aromatic nitrogens is 1. The summed E-state index contributed by atoms with van der Waals surface area (Å²) in [5, 5.41) is 12.3. The van der Waals surface area contributed by atoms with Crippen LogP contribution in [-0.4, -0.2) is 11.5 Å². The van der Waals surface area contributed by atoms with Gasteiger partial charge in [0.2, 0.25) is 0 Å². The van der Waals surface area contributed by atoms with Crippen LogP contribution in [0, 0.1) is 11.3 Å². The van der Waals surface area contributed by atoms with Gasteiger partial charge in [-0.15, -0.1) is 0 Å². The van der Waals surface area contributed by atoms with E-state index in [-0.39, 0.29) is 0 Å². The Kier molecular flexibility index (Phi) is 3.40. The van der Waals surface area contributed by atoms with Gasteiger partial charge in [0.15, 0.2) is 0 Å². The Morgan fingerprint density at radius 3 is 3.12 bits per heavy atom. The van der Waals surface area contributed by atoms with E-state index >= 15 is 0 Å². The first-order valence-electron chi connectivity index (χ1n) is 6.02. The molecule has 0 saturated carbocycles. The summed E-state index contributed by atoms with van der Waals surface area (Å²) in [6.45, 7) is 3.06. The maximum atomic E-state index is 9.08. The average Bonchev–Trinajstić information content (AvgIpc) is 2.75. The number of anilines is 1. The first kappa shape index (κ1) is 10.9. The van der Waals surface area contributed by atoms with Crippen LogP contribution in [0.1, 0.15) is 43.0 Å². The highest BCUT2D eigenvalue weighted by atomic mass is 15.0. The van der Waals surface area contributed by atoms with Gasteiger partial charge in [0.25, 0.3) is 0 Å². The molecule has 1 aliphatic carbocycles. The van der Waals surface area contributed by atoms with E-state index in [4.69, 9.17) is 5.26 Å². The molecule has 3 heteroatoms. The fraction of sp³-hybridized carbons (Fsp3) is 0.538. The molecule has 84 valence electrons. The van der Waals surface area contributed by atoms with Crippen LogP contribution in [0.3, 0.4) is 0 Å². The van der Waals surface area contributed by atoms with Gasteiger partial charge in [0, 0.05) is 12.2 Å². The molecule has 1 heterocycles. The van der Waals surface area contributed by atoms with Crippen molar-refractivity contribution in [1.82, 2.24) is 4.98 Å². The highest BCUT2D eigenvalue weighted by molar-refractivity contribution is 5.54. The van der Waals surface area contributed by atoms with Gasteiger partial charge >= 0.3 is 0 Å². The first-order valence-corrected chi connectivity index (χ1v) is 6.02. The molecule has 16 heavy (non-hydrogen) atoms. The topological polar surface area (TPSA) is 48.7 Å². The molecule has 0 aliphatic heterocycles. The summed E-state index contributed by atoms with van der Waals surface area (Å²) in [7, 11) is 0. The number of nitrogens with zero attached hydrogens (tertiary/aromatic N) is 2. The van der Waals surface area contributed by atoms with E-state index in [1.165, 1.54) is 17.7 Å². The van der Waals surface area contributed by atoms with Crippen molar-refractivity contribution in [2.24, 2.45) is 0 Å². The molecular formula is C13H17N3. The SMILES string of the molecule is CCCCNc1nc2c(cc1C#N)CCC2. The minimum atomic E-state index is 0.691. The Morgan fingerprint density at radius 1 is 1.50 bits per heavy atom. The van der Waals surface area contributed by atoms with Crippen molar-refractivity contribution in [1.29, 1.82) is 5.26 Å². The maximum absolute atomic E-state index is 9.08. The van der Waals surface area contributed by atoms with Crippen LogP contribution < -0.4 is 5.32 Å². The Morgan fingerprint density at radius 2 is 2.38 bits per heavy atom. The van der Waals surface area contributed by atoms with Crippen LogP contribution in [0.25, 0.3) is 0 Å². The van der Waals surface area contributed by atoms with Crippen LogP contribution in [0.2, 0.25) is 0 Å². The third-order valence-electron chi connectivity index (χ3n) is 2.99. The van der Waals surface area contributed by atoms with Gasteiger partial charge in [-0.25, -0.2) is 4.98 Å². The molecule has 0 aromatic carbocycles. The first-order chi connectivity index (χ1) is 7.85. The third kappa shape index (κ3) is 2.16. The minimum absolute atomic E-state index is 0.691. The number of aryl methyl sites for hydroxylation is 2. The predicted molar refractivity (Wildman–Crippen MR) is 64.4 cm³/mol. The molecular weight excluding hydrogens is 198 g/mol. The van der Waals surface area contributed by atoms with Crippen molar-refractivity contribution < 1.29 is 0 Å². The lowest BCUT2D eigenvalue weighted by atomic mass is 10.1. The standard InChI is InChI=1S/C13H17N3/c1-2-3-7-15-13-11(9-14)8-10-5-4-6-12(10)16-13/h8H,2-7H2,1H3,(H,15,16). The summed E-state index contributed by atoms with van der Waals surface area (Å²) < 4.78 is 0. The van der Waals surface area contributed by atoms with Crippen molar-refractivity contribution in [3.05, 3.63) is 22.9 Å². The number of pyridine rings is 1. The molecule has 1 aromatic rings. The molecule has 0 atom stereocenters. The zero-order valence-corrected chi connectivity index (χ0v) is 9.71. The number of nitrogens with one attached hydrogen (secondary N) is 1. The highest BCUT2D eigenvalue weighted by Crippen LogP contribution is 2.24. The molecule has 2 rings (SSSR count). The van der Waals surface area contributed by atoms with Crippen LogP contribution in [0.5, 0.6) is 0 Å². The van der Waals surface area contributed by atoms with Crippen molar-refractivity contribution in [3.63, 3.8) is 0 Å². The lowest BCUT2D eigenvalue weighted by Crippen LogP contribution is -2.06. The third-order valence-corrected chi connectivity index (χ3v) is 2.99. The highest BCUT2D eigenvalue weighted by Gasteiger charge is 2.15. The summed E-state index contributed by atoms with van der Waals surface area (Å²) >= 11 is 0. The number of fused-ring (bicyclic) bond motifs is 1. The van der Waals surface area contributed by atoms with E-state index in [9.17, 15) is 0 Å². The summed E-state index contributed by atoms with van der Waals surface area (Å²) in [5.74, 6) is 0.775. The van der Waals surface area contributed by atoms with Gasteiger partial charge in [-0.2, -0.15) is 5.26 Å². The number of rotatable bonds is 4. The number of hydrogen-bond acceptors (Lipinski definition) is 3. The van der Waals surface area contributed by atoms with E-state index in [1.54, 1.807) is 0 Å². The van der Waals surface area contributed by atoms with Crippen molar-refractivity contribution in [3.8, 4) is 6.07 Å². The molecule has 0 fully saturated rings. The van der Waals surface area contributed by atoms with Crippen LogP contribution in [0.4, 0.5) is 5.82 Å². The quantitative estimate of drug-likeness (QED) is 0.785. The Labute approximate surface area is 96.5 Å². The van der Waals surface area contributed by atoms with E-state index < -0.39 is 0 Å². The molecule has 0 spiro atoms. The number of nitriles is 1. The van der Waals surface area contributed by atoms with Crippen LogP contribution in [-0.2, 0) is 12.8 Å². The second-order valence-electron chi connectivity index (χ2n) is 4.24. The average molecular weight is 215 g/mol. The van der Waals surface area contributed by atoms with Crippen LogP contribution in [0.15, 0.2) is 6.07 Å². The van der Waals surface area contributed by atoms with E-state index in [0.29, 0.717) is 5.56 Å². The molecule has 1 N–H and O–H groups in total. The van der Waals surface area contributed by atoms with Crippen molar-refractivity contribution in [2.45, 2.75) is 39.0 Å². The van der Waals surface area contributed by atoms with E-state index in [2.05, 4.69) is 23.3 Å². The maximum Gasteiger partial charge on any atom is 0.144 e. The van der Waals surface area contributed by atoms with Crippen molar-refractivity contribution >= 4 is 5.82 Å². The molecule has 0 amide bonds. The normalized spacial score (nSPS) is 13.2. The summed E-state index contributed by atoms with van der Waals surface area (Å²) in [5.41, 5.74) is 3.13. The Bertz CT molecular complexity index is 418. The molecule has 0 bridgehead atoms. The molecule has 0 radical (unpaired) electrons. The predicted octanol–water partition coefficient (Wildman–Crippen LogP) is 2.65. The van der Waals surface area contributed by atoms with Gasteiger partial charge < -0.3 is 5.32 Å². The Hall–Kier alpha value is -1.56. The summed E-state index contributed by atoms with van der Waals surface area (Å²) in [6.07, 6.45) is 5.57. The number of hydrogen-bond donors (Lipinski definition) is 1. The molecule has 1 aliphatic rings. The van der Waals surface area contributed by atoms with Crippen molar-refractivity contribution in [2.75, 3.05) is 11.9 Å². The summed E-state index contributed by atoms with van der Waals surface area (Å²) in [6, 6.07) is 4.23. The fourth-order valence-electron chi connectivity index (χ4n) is 2.08. The zero-order chi connectivity index (χ0) is 11.4. The monoisotopic (exact) mass is 215 g/mol. The lowest BCUT2D eigenvalue weighted by molar-refractivity contribution is 0.829. The van der Waals surface area contributed by atoms with Gasteiger partial charge in [-0.3, -0.25) is 0 Å². The molecule has 0 unspecified atom stereocenters. The molecule has 3 nitrogen and oxygen atoms in total. The second-order valence-corrected chi connectivity index (χ2v) is 4.24. The molecule has 0 saturated heterocycles. The van der Waals surface area contributed by atoms with Crippen LogP contribution >= 0.6 is 0 Å². The van der Waals surface area contributed by atoms with E-state index in [1.807, 2.05) is 6.07 Å². The zero-order valence-electron chi connectivity index (χ0n) is 9.71. The van der Waals surface area contributed by atoms with Gasteiger partial charge in [0.05, 0.1) is 5.56 Å². The largest absolute Gasteiger partial charge is 0.369 e.